The molecule has 0 aliphatic carbocycles. The fraction of sp³-hybridized carbons (Fsp3) is 0.273. The molecule has 1 saturated heterocycles. The lowest BCUT2D eigenvalue weighted by Crippen LogP contribution is -2.61. The molecule has 0 amide bonds. The summed E-state index contributed by atoms with van der Waals surface area (Å²) in [6.45, 7) is 0. The molecule has 0 saturated carbocycles. The zero-order valence-corrected chi connectivity index (χ0v) is 17.5. The number of carbonyl (C=O) groups is 1. The Kier molecular flexibility index (Phi) is 6.06. The van der Waals surface area contributed by atoms with Gasteiger partial charge < -0.3 is 49.3 Å². The molecule has 0 radical (unpaired) electrons. The molecule has 1 fully saturated rings. The molecule has 12 heteroatoms. The first-order chi connectivity index (χ1) is 16.1. The van der Waals surface area contributed by atoms with E-state index in [0.717, 1.165) is 12.1 Å². The van der Waals surface area contributed by atoms with Crippen molar-refractivity contribution >= 4 is 16.9 Å². The molecule has 6 N–H and O–H groups in total. The minimum Gasteiger partial charge on any atom is -0.507 e. The van der Waals surface area contributed by atoms with Crippen molar-refractivity contribution < 1.29 is 54.1 Å². The Labute approximate surface area is 190 Å². The van der Waals surface area contributed by atoms with Crippen molar-refractivity contribution in [1.29, 1.82) is 0 Å². The number of rotatable bonds is 5. The van der Waals surface area contributed by atoms with Crippen LogP contribution in [-0.2, 0) is 9.53 Å². The number of aliphatic carboxylic acids is 1. The van der Waals surface area contributed by atoms with Crippen LogP contribution >= 0.6 is 0 Å². The van der Waals surface area contributed by atoms with Gasteiger partial charge in [0.1, 0.15) is 46.5 Å². The van der Waals surface area contributed by atoms with Crippen LogP contribution in [-0.4, -0.2) is 74.4 Å². The summed E-state index contributed by atoms with van der Waals surface area (Å²) in [5.41, 5.74) is -0.405. The second-order valence-corrected chi connectivity index (χ2v) is 7.53. The number of fused-ring (bicyclic) bond motifs is 1. The van der Waals surface area contributed by atoms with Gasteiger partial charge in [0, 0.05) is 23.8 Å². The Morgan fingerprint density at radius 2 is 1.71 bits per heavy atom. The largest absolute Gasteiger partial charge is 0.507 e. The number of carboxylic acid groups (broad SMARTS) is 1. The molecule has 2 unspecified atom stereocenters. The summed E-state index contributed by atoms with van der Waals surface area (Å²) >= 11 is 0. The summed E-state index contributed by atoms with van der Waals surface area (Å²) in [6, 6.07) is 7.63. The fourth-order valence-electron chi connectivity index (χ4n) is 3.58. The van der Waals surface area contributed by atoms with E-state index in [-0.39, 0.29) is 34.0 Å². The number of benzene rings is 2. The van der Waals surface area contributed by atoms with Crippen LogP contribution in [0.5, 0.6) is 23.0 Å². The predicted octanol–water partition coefficient (Wildman–Crippen LogP) is 0.151. The summed E-state index contributed by atoms with van der Waals surface area (Å²) in [4.78, 5) is 23.9. The minimum atomic E-state index is -1.90. The van der Waals surface area contributed by atoms with E-state index in [1.165, 1.54) is 31.4 Å². The molecule has 0 bridgehead atoms. The fourth-order valence-corrected chi connectivity index (χ4v) is 3.58. The molecule has 34 heavy (non-hydrogen) atoms. The molecular weight excluding hydrogens is 456 g/mol. The zero-order chi connectivity index (χ0) is 24.7. The molecule has 1 aromatic heterocycles. The third-order valence-electron chi connectivity index (χ3n) is 5.31. The predicted molar refractivity (Wildman–Crippen MR) is 113 cm³/mol. The Hall–Kier alpha value is -3.84. The molecule has 2 aromatic carbocycles. The van der Waals surface area contributed by atoms with E-state index in [9.17, 15) is 35.1 Å². The van der Waals surface area contributed by atoms with Crippen LogP contribution in [0.2, 0.25) is 0 Å². The zero-order valence-electron chi connectivity index (χ0n) is 17.5. The van der Waals surface area contributed by atoms with Crippen LogP contribution in [0.1, 0.15) is 0 Å². The van der Waals surface area contributed by atoms with Gasteiger partial charge in [0.25, 0.3) is 0 Å². The molecular formula is C22H20O12. The lowest BCUT2D eigenvalue weighted by atomic mass is 9.99. The number of methoxy groups -OCH3 is 1. The Balaban J connectivity index is 1.72. The van der Waals surface area contributed by atoms with Crippen LogP contribution in [0.4, 0.5) is 0 Å². The number of carboxylic acids is 1. The molecule has 5 atom stereocenters. The minimum absolute atomic E-state index is 0.0467. The standard InChI is InChI=1S/C22H20O12/c1-31-13-3-2-8(4-10(13)23)14-7-12(25)16-11(24)5-9(6-15(16)33-14)32-22-19(28)17(26)18(27)20(34-22)21(29)30/h2-7,17-20,22-24,26-28H,1H3,(H,29,30)/t17-,18-,19?,20?,22+/m0/s1. The van der Waals surface area contributed by atoms with Gasteiger partial charge in [-0.25, -0.2) is 4.79 Å². The average molecular weight is 476 g/mol. The lowest BCUT2D eigenvalue weighted by molar-refractivity contribution is -0.271. The number of ether oxygens (including phenoxy) is 3. The van der Waals surface area contributed by atoms with Crippen LogP contribution in [0.15, 0.2) is 45.6 Å². The first-order valence-electron chi connectivity index (χ1n) is 9.88. The highest BCUT2D eigenvalue weighted by molar-refractivity contribution is 5.86. The van der Waals surface area contributed by atoms with Crippen LogP contribution < -0.4 is 14.9 Å². The highest BCUT2D eigenvalue weighted by Crippen LogP contribution is 2.35. The maximum Gasteiger partial charge on any atom is 0.335 e. The van der Waals surface area contributed by atoms with Crippen molar-refractivity contribution in [2.24, 2.45) is 0 Å². The molecule has 4 rings (SSSR count). The van der Waals surface area contributed by atoms with Gasteiger partial charge in [0.15, 0.2) is 23.0 Å². The van der Waals surface area contributed by atoms with E-state index in [1.54, 1.807) is 0 Å². The SMILES string of the molecule is COc1ccc(-c2cc(=O)c3c(O)cc(O[C@@H]4OC(C(=O)O)[C@@H](O)[C@H](O)C4O)cc3o2)cc1O. The molecule has 0 spiro atoms. The Morgan fingerprint density at radius 1 is 0.971 bits per heavy atom. The van der Waals surface area contributed by atoms with Crippen LogP contribution in [0.3, 0.4) is 0 Å². The van der Waals surface area contributed by atoms with Crippen molar-refractivity contribution in [3.63, 3.8) is 0 Å². The van der Waals surface area contributed by atoms with Gasteiger partial charge in [-0.05, 0) is 18.2 Å². The number of aliphatic hydroxyl groups excluding tert-OH is 3. The van der Waals surface area contributed by atoms with E-state index in [0.29, 0.717) is 5.56 Å². The van der Waals surface area contributed by atoms with Gasteiger partial charge in [-0.2, -0.15) is 0 Å². The molecule has 3 aromatic rings. The first-order valence-corrected chi connectivity index (χ1v) is 9.88. The normalized spacial score (nSPS) is 24.6. The number of hydrogen-bond donors (Lipinski definition) is 6. The number of phenolic OH excluding ortho intramolecular Hbond substituents is 2. The van der Waals surface area contributed by atoms with Crippen LogP contribution in [0, 0.1) is 0 Å². The molecule has 180 valence electrons. The number of aliphatic hydroxyl groups is 3. The van der Waals surface area contributed by atoms with E-state index < -0.39 is 47.9 Å². The Bertz CT molecular complexity index is 1300. The van der Waals surface area contributed by atoms with Crippen molar-refractivity contribution in [2.45, 2.75) is 30.7 Å². The second-order valence-electron chi connectivity index (χ2n) is 7.53. The summed E-state index contributed by atoms with van der Waals surface area (Å²) in [6.07, 6.45) is -9.24. The van der Waals surface area contributed by atoms with E-state index in [1.807, 2.05) is 0 Å². The molecule has 12 nitrogen and oxygen atoms in total. The van der Waals surface area contributed by atoms with Crippen molar-refractivity contribution in [1.82, 2.24) is 0 Å². The maximum atomic E-state index is 12.6. The summed E-state index contributed by atoms with van der Waals surface area (Å²) in [5.74, 6) is -2.26. The highest BCUT2D eigenvalue weighted by Gasteiger charge is 2.48. The quantitative estimate of drug-likeness (QED) is 0.292. The first kappa shape index (κ1) is 23.3. The highest BCUT2D eigenvalue weighted by atomic mass is 16.7. The summed E-state index contributed by atoms with van der Waals surface area (Å²) in [7, 11) is 1.38. The van der Waals surface area contributed by atoms with E-state index in [2.05, 4.69) is 0 Å². The number of phenols is 2. The molecule has 2 heterocycles. The molecule has 1 aliphatic rings. The van der Waals surface area contributed by atoms with E-state index in [4.69, 9.17) is 23.7 Å². The number of hydrogen-bond acceptors (Lipinski definition) is 11. The lowest BCUT2D eigenvalue weighted by Gasteiger charge is -2.38. The third-order valence-corrected chi connectivity index (χ3v) is 5.31. The van der Waals surface area contributed by atoms with Gasteiger partial charge in [0.2, 0.25) is 6.29 Å². The molecule has 1 aliphatic heterocycles. The third kappa shape index (κ3) is 4.10. The van der Waals surface area contributed by atoms with Gasteiger partial charge in [-0.3, -0.25) is 4.79 Å². The number of aromatic hydroxyl groups is 2. The average Bonchev–Trinajstić information content (AvgIpc) is 2.78. The van der Waals surface area contributed by atoms with Gasteiger partial charge in [0.05, 0.1) is 7.11 Å². The smallest absolute Gasteiger partial charge is 0.335 e. The Morgan fingerprint density at radius 3 is 2.35 bits per heavy atom. The van der Waals surface area contributed by atoms with E-state index >= 15 is 0 Å². The van der Waals surface area contributed by atoms with Crippen molar-refractivity contribution in [2.75, 3.05) is 7.11 Å². The van der Waals surface area contributed by atoms with Gasteiger partial charge in [-0.1, -0.05) is 0 Å². The monoisotopic (exact) mass is 476 g/mol. The summed E-state index contributed by atoms with van der Waals surface area (Å²) in [5, 5.41) is 59.2. The van der Waals surface area contributed by atoms with Crippen molar-refractivity contribution in [3.8, 4) is 34.3 Å². The van der Waals surface area contributed by atoms with Gasteiger partial charge in [-0.15, -0.1) is 0 Å². The van der Waals surface area contributed by atoms with Crippen LogP contribution in [0.25, 0.3) is 22.3 Å². The van der Waals surface area contributed by atoms with Gasteiger partial charge >= 0.3 is 5.97 Å². The second kappa shape index (κ2) is 8.83. The topological polar surface area (TPSA) is 196 Å². The maximum absolute atomic E-state index is 12.6. The summed E-state index contributed by atoms with van der Waals surface area (Å²) < 4.78 is 21.2. The van der Waals surface area contributed by atoms with Crippen molar-refractivity contribution in [3.05, 3.63) is 46.6 Å².